The molecule has 0 unspecified atom stereocenters. The zero-order valence-corrected chi connectivity index (χ0v) is 14.7. The van der Waals surface area contributed by atoms with Crippen molar-refractivity contribution in [3.8, 4) is 5.75 Å². The smallest absolute Gasteiger partial charge is 0.345 e. The van der Waals surface area contributed by atoms with E-state index < -0.39 is 11.7 Å². The zero-order chi connectivity index (χ0) is 18.8. The standard InChI is InChI=1S/C19H20N4O4/c24-16-14(10-12-11-21-17-13(12)6-5-7-20-17)27-18(15(16)19(25)26)22-23-8-3-1-2-4-9-23/h5-7,10-11,22,24H,1-4,8-9H2,(H,25,26). The first-order chi connectivity index (χ1) is 13.1. The number of hydrogen-bond acceptors (Lipinski definition) is 7. The topological polar surface area (TPSA) is 111 Å². The number of nitrogens with one attached hydrogen (secondary N) is 1. The fraction of sp³-hybridized carbons (Fsp3) is 0.316. The molecule has 8 nitrogen and oxygen atoms in total. The number of anilines is 1. The molecule has 8 heteroatoms. The van der Waals surface area contributed by atoms with Crippen molar-refractivity contribution < 1.29 is 19.4 Å². The molecule has 0 bridgehead atoms. The highest BCUT2D eigenvalue weighted by Crippen LogP contribution is 2.38. The van der Waals surface area contributed by atoms with Crippen LogP contribution in [-0.4, -0.2) is 45.5 Å². The van der Waals surface area contributed by atoms with Gasteiger partial charge in [-0.25, -0.2) is 19.8 Å². The maximum absolute atomic E-state index is 11.7. The van der Waals surface area contributed by atoms with E-state index in [9.17, 15) is 15.0 Å². The minimum absolute atomic E-state index is 0.0371. The number of aromatic carboxylic acids is 1. The number of furan rings is 1. The molecule has 0 aliphatic carbocycles. The summed E-state index contributed by atoms with van der Waals surface area (Å²) >= 11 is 0. The number of nitrogens with zero attached hydrogens (tertiary/aromatic N) is 3. The molecule has 2 aliphatic rings. The fourth-order valence-electron chi connectivity index (χ4n) is 3.32. The molecule has 0 saturated carbocycles. The Balaban J connectivity index is 1.67. The lowest BCUT2D eigenvalue weighted by atomic mass is 10.1. The highest BCUT2D eigenvalue weighted by Gasteiger charge is 2.27. The summed E-state index contributed by atoms with van der Waals surface area (Å²) < 4.78 is 5.69. The number of pyridine rings is 1. The molecule has 140 valence electrons. The van der Waals surface area contributed by atoms with Crippen molar-refractivity contribution in [2.45, 2.75) is 25.7 Å². The molecule has 0 amide bonds. The third kappa shape index (κ3) is 3.43. The Kier molecular flexibility index (Phi) is 4.64. The number of hydrazine groups is 1. The lowest BCUT2D eigenvalue weighted by molar-refractivity contribution is 0.0694. The molecule has 3 N–H and O–H groups in total. The monoisotopic (exact) mass is 368 g/mol. The van der Waals surface area contributed by atoms with Gasteiger partial charge < -0.3 is 14.6 Å². The summed E-state index contributed by atoms with van der Waals surface area (Å²) in [6.07, 6.45) is 9.19. The quantitative estimate of drug-likeness (QED) is 0.757. The third-order valence-corrected chi connectivity index (χ3v) is 4.70. The van der Waals surface area contributed by atoms with Crippen LogP contribution in [0.15, 0.2) is 27.7 Å². The summed E-state index contributed by atoms with van der Waals surface area (Å²) in [4.78, 5) is 20.0. The maximum Gasteiger partial charge on any atom is 0.345 e. The number of carbonyl (C=O) groups is 1. The minimum atomic E-state index is -1.25. The van der Waals surface area contributed by atoms with Crippen molar-refractivity contribution >= 4 is 35.5 Å². The highest BCUT2D eigenvalue weighted by molar-refractivity contribution is 6.21. The fourth-order valence-corrected chi connectivity index (χ4v) is 3.32. The Labute approximate surface area is 155 Å². The first-order valence-electron chi connectivity index (χ1n) is 8.95. The number of carboxylic acid groups (broad SMARTS) is 1. The second kappa shape index (κ2) is 7.24. The van der Waals surface area contributed by atoms with Crippen LogP contribution < -0.4 is 5.43 Å². The number of allylic oxidation sites excluding steroid dienone is 1. The number of aromatic nitrogens is 1. The second-order valence-corrected chi connectivity index (χ2v) is 6.57. The number of carboxylic acids is 1. The summed E-state index contributed by atoms with van der Waals surface area (Å²) in [5.74, 6) is -0.965. The summed E-state index contributed by atoms with van der Waals surface area (Å²) in [6, 6.07) is 3.65. The van der Waals surface area contributed by atoms with E-state index in [1.165, 1.54) is 0 Å². The SMILES string of the molecule is O=C(O)c1c(NN2CCCCCC2)oc(C=C2C=Nc3ncccc32)c1O. The van der Waals surface area contributed by atoms with Gasteiger partial charge in [0.15, 0.2) is 22.9 Å². The van der Waals surface area contributed by atoms with Crippen LogP contribution in [0.4, 0.5) is 11.7 Å². The van der Waals surface area contributed by atoms with E-state index in [1.807, 2.05) is 11.1 Å². The van der Waals surface area contributed by atoms with Crippen molar-refractivity contribution in [1.29, 1.82) is 0 Å². The van der Waals surface area contributed by atoms with Gasteiger partial charge in [0.25, 0.3) is 0 Å². The predicted molar refractivity (Wildman–Crippen MR) is 101 cm³/mol. The van der Waals surface area contributed by atoms with Crippen LogP contribution in [-0.2, 0) is 0 Å². The first kappa shape index (κ1) is 17.3. The van der Waals surface area contributed by atoms with Crippen LogP contribution >= 0.6 is 0 Å². The number of aliphatic imine (C=N–C) groups is 1. The average molecular weight is 368 g/mol. The molecule has 4 rings (SSSR count). The molecular weight excluding hydrogens is 348 g/mol. The molecule has 27 heavy (non-hydrogen) atoms. The Bertz CT molecular complexity index is 924. The Morgan fingerprint density at radius 1 is 1.26 bits per heavy atom. The van der Waals surface area contributed by atoms with Crippen LogP contribution in [0.5, 0.6) is 5.75 Å². The van der Waals surface area contributed by atoms with Crippen LogP contribution in [0.3, 0.4) is 0 Å². The van der Waals surface area contributed by atoms with Crippen molar-refractivity contribution in [3.63, 3.8) is 0 Å². The molecule has 0 aromatic carbocycles. The number of hydrogen-bond donors (Lipinski definition) is 3. The van der Waals surface area contributed by atoms with Crippen molar-refractivity contribution in [3.05, 3.63) is 35.2 Å². The van der Waals surface area contributed by atoms with Gasteiger partial charge in [-0.05, 0) is 31.1 Å². The summed E-state index contributed by atoms with van der Waals surface area (Å²) in [7, 11) is 0. The molecule has 1 saturated heterocycles. The molecule has 4 heterocycles. The van der Waals surface area contributed by atoms with Crippen molar-refractivity contribution in [2.75, 3.05) is 18.5 Å². The van der Waals surface area contributed by atoms with Crippen molar-refractivity contribution in [2.24, 2.45) is 4.99 Å². The predicted octanol–water partition coefficient (Wildman–Crippen LogP) is 3.54. The molecule has 0 spiro atoms. The van der Waals surface area contributed by atoms with E-state index in [0.717, 1.165) is 44.3 Å². The van der Waals surface area contributed by atoms with E-state index >= 15 is 0 Å². The normalized spacial score (nSPS) is 18.4. The van der Waals surface area contributed by atoms with E-state index in [4.69, 9.17) is 4.42 Å². The first-order valence-corrected chi connectivity index (χ1v) is 8.95. The van der Waals surface area contributed by atoms with Gasteiger partial charge in [-0.1, -0.05) is 12.8 Å². The maximum atomic E-state index is 11.7. The van der Waals surface area contributed by atoms with Gasteiger partial charge >= 0.3 is 5.97 Å². The molecule has 0 atom stereocenters. The van der Waals surface area contributed by atoms with E-state index in [-0.39, 0.29) is 17.2 Å². The third-order valence-electron chi connectivity index (χ3n) is 4.70. The van der Waals surface area contributed by atoms with Crippen molar-refractivity contribution in [1.82, 2.24) is 9.99 Å². The summed E-state index contributed by atoms with van der Waals surface area (Å²) in [5, 5.41) is 21.9. The van der Waals surface area contributed by atoms with Gasteiger partial charge in [-0.15, -0.1) is 0 Å². The number of fused-ring (bicyclic) bond motifs is 1. The molecular formula is C19H20N4O4. The molecule has 2 aromatic rings. The van der Waals surface area contributed by atoms with Gasteiger partial charge in [-0.3, -0.25) is 5.43 Å². The van der Waals surface area contributed by atoms with Crippen LogP contribution in [0.25, 0.3) is 11.6 Å². The number of rotatable bonds is 4. The zero-order valence-electron chi connectivity index (χ0n) is 14.7. The Morgan fingerprint density at radius 2 is 2.04 bits per heavy atom. The summed E-state index contributed by atoms with van der Waals surface area (Å²) in [5.41, 5.74) is 4.25. The van der Waals surface area contributed by atoms with Crippen LogP contribution in [0, 0.1) is 0 Å². The molecule has 2 aromatic heterocycles. The van der Waals surface area contributed by atoms with Gasteiger partial charge in [0.1, 0.15) is 0 Å². The molecule has 0 radical (unpaired) electrons. The molecule has 2 aliphatic heterocycles. The largest absolute Gasteiger partial charge is 0.504 e. The van der Waals surface area contributed by atoms with Gasteiger partial charge in [0.2, 0.25) is 5.88 Å². The minimum Gasteiger partial charge on any atom is -0.504 e. The van der Waals surface area contributed by atoms with E-state index in [2.05, 4.69) is 15.4 Å². The average Bonchev–Trinajstić information content (AvgIpc) is 3.07. The van der Waals surface area contributed by atoms with Crippen LogP contribution in [0.2, 0.25) is 0 Å². The van der Waals surface area contributed by atoms with Gasteiger partial charge in [0, 0.05) is 36.6 Å². The molecule has 1 fully saturated rings. The van der Waals surface area contributed by atoms with E-state index in [1.54, 1.807) is 24.6 Å². The van der Waals surface area contributed by atoms with Gasteiger partial charge in [0.05, 0.1) is 0 Å². The van der Waals surface area contributed by atoms with Gasteiger partial charge in [-0.2, -0.15) is 0 Å². The van der Waals surface area contributed by atoms with E-state index in [0.29, 0.717) is 11.4 Å². The highest BCUT2D eigenvalue weighted by atomic mass is 16.4. The Hall–Kier alpha value is -3.13. The Morgan fingerprint density at radius 3 is 2.78 bits per heavy atom. The second-order valence-electron chi connectivity index (χ2n) is 6.57. The summed E-state index contributed by atoms with van der Waals surface area (Å²) in [6.45, 7) is 1.59. The lowest BCUT2D eigenvalue weighted by Gasteiger charge is -2.20. The van der Waals surface area contributed by atoms with Crippen LogP contribution in [0.1, 0.15) is 47.4 Å². The lowest BCUT2D eigenvalue weighted by Crippen LogP contribution is -2.31. The number of aromatic hydroxyl groups is 1.